The second kappa shape index (κ2) is 4.19. The molecule has 0 aliphatic heterocycles. The quantitative estimate of drug-likeness (QED) is 0.779. The fraction of sp³-hybridized carbons (Fsp3) is 0.400. The van der Waals surface area contributed by atoms with Crippen molar-refractivity contribution in [3.05, 3.63) is 23.4 Å². The van der Waals surface area contributed by atoms with Crippen LogP contribution in [-0.4, -0.2) is 17.9 Å². The highest BCUT2D eigenvalue weighted by molar-refractivity contribution is 5.82. The van der Waals surface area contributed by atoms with Gasteiger partial charge in [0, 0.05) is 11.8 Å². The second-order valence-electron chi connectivity index (χ2n) is 3.12. The van der Waals surface area contributed by atoms with Gasteiger partial charge in [-0.25, -0.2) is 4.98 Å². The third-order valence-corrected chi connectivity index (χ3v) is 2.08. The van der Waals surface area contributed by atoms with E-state index in [4.69, 9.17) is 10.5 Å². The van der Waals surface area contributed by atoms with E-state index < -0.39 is 6.04 Å². The molecule has 76 valence electrons. The van der Waals surface area contributed by atoms with Crippen LogP contribution in [0.3, 0.4) is 0 Å². The highest BCUT2D eigenvalue weighted by Gasteiger charge is 2.14. The van der Waals surface area contributed by atoms with Crippen molar-refractivity contribution in [1.82, 2.24) is 4.98 Å². The van der Waals surface area contributed by atoms with Gasteiger partial charge in [0.25, 0.3) is 0 Å². The Hall–Kier alpha value is -1.42. The van der Waals surface area contributed by atoms with Crippen LogP contribution >= 0.6 is 0 Å². The largest absolute Gasteiger partial charge is 0.481 e. The molecular weight excluding hydrogens is 180 g/mol. The molecule has 0 radical (unpaired) electrons. The highest BCUT2D eigenvalue weighted by Crippen LogP contribution is 2.17. The van der Waals surface area contributed by atoms with E-state index in [0.717, 1.165) is 11.3 Å². The summed E-state index contributed by atoms with van der Waals surface area (Å²) < 4.78 is 4.95. The molecule has 14 heavy (non-hydrogen) atoms. The lowest BCUT2D eigenvalue weighted by atomic mass is 10.0. The predicted octanol–water partition coefficient (Wildman–Crippen LogP) is 0.987. The normalized spacial score (nSPS) is 12.3. The van der Waals surface area contributed by atoms with Gasteiger partial charge in [0.1, 0.15) is 0 Å². The molecule has 2 N–H and O–H groups in total. The van der Waals surface area contributed by atoms with Gasteiger partial charge in [-0.3, -0.25) is 4.79 Å². The minimum absolute atomic E-state index is 0.0694. The van der Waals surface area contributed by atoms with Crippen LogP contribution in [0, 0.1) is 6.92 Å². The van der Waals surface area contributed by atoms with Crippen molar-refractivity contribution in [2.24, 2.45) is 5.73 Å². The van der Waals surface area contributed by atoms with E-state index in [-0.39, 0.29) is 5.78 Å². The zero-order chi connectivity index (χ0) is 10.7. The summed E-state index contributed by atoms with van der Waals surface area (Å²) in [7, 11) is 1.55. The van der Waals surface area contributed by atoms with E-state index in [1.54, 1.807) is 26.2 Å². The number of pyridine rings is 1. The predicted molar refractivity (Wildman–Crippen MR) is 53.1 cm³/mol. The molecule has 1 rings (SSSR count). The summed E-state index contributed by atoms with van der Waals surface area (Å²) in [6.45, 7) is 3.27. The van der Waals surface area contributed by atoms with E-state index in [1.807, 2.05) is 0 Å². The molecule has 1 aromatic heterocycles. The van der Waals surface area contributed by atoms with Gasteiger partial charge in [0.2, 0.25) is 5.88 Å². The molecule has 4 heteroatoms. The molecule has 0 saturated carbocycles. The summed E-state index contributed by atoms with van der Waals surface area (Å²) in [4.78, 5) is 15.2. The van der Waals surface area contributed by atoms with Crippen LogP contribution in [0.15, 0.2) is 12.1 Å². The fourth-order valence-corrected chi connectivity index (χ4v) is 1.21. The number of methoxy groups -OCH3 is 1. The number of hydrogen-bond donors (Lipinski definition) is 1. The molecular formula is C10H14N2O2. The Labute approximate surface area is 83.1 Å². The van der Waals surface area contributed by atoms with Crippen LogP contribution < -0.4 is 10.5 Å². The maximum atomic E-state index is 11.1. The van der Waals surface area contributed by atoms with E-state index in [0.29, 0.717) is 5.88 Å². The van der Waals surface area contributed by atoms with Crippen LogP contribution in [0.5, 0.6) is 5.88 Å². The molecule has 0 aromatic carbocycles. The van der Waals surface area contributed by atoms with Crippen molar-refractivity contribution in [1.29, 1.82) is 0 Å². The molecule has 0 amide bonds. The first-order valence-corrected chi connectivity index (χ1v) is 4.34. The fourth-order valence-electron chi connectivity index (χ4n) is 1.21. The minimum Gasteiger partial charge on any atom is -0.481 e. The topological polar surface area (TPSA) is 65.2 Å². The summed E-state index contributed by atoms with van der Waals surface area (Å²) in [6, 6.07) is 2.88. The maximum Gasteiger partial charge on any atom is 0.213 e. The highest BCUT2D eigenvalue weighted by atomic mass is 16.5. The number of ketones is 1. The summed E-state index contributed by atoms with van der Waals surface area (Å²) in [5, 5.41) is 0. The van der Waals surface area contributed by atoms with Crippen molar-refractivity contribution in [3.63, 3.8) is 0 Å². The lowest BCUT2D eigenvalue weighted by Crippen LogP contribution is -2.20. The van der Waals surface area contributed by atoms with E-state index in [2.05, 4.69) is 4.98 Å². The van der Waals surface area contributed by atoms with Crippen LogP contribution in [-0.2, 0) is 4.79 Å². The average molecular weight is 194 g/mol. The zero-order valence-corrected chi connectivity index (χ0v) is 8.57. The van der Waals surface area contributed by atoms with Crippen molar-refractivity contribution in [2.75, 3.05) is 7.11 Å². The number of nitrogens with two attached hydrogens (primary N) is 1. The molecule has 0 bridgehead atoms. The first kappa shape index (κ1) is 10.7. The number of carbonyl (C=O) groups is 1. The Morgan fingerprint density at radius 2 is 2.21 bits per heavy atom. The number of rotatable bonds is 3. The van der Waals surface area contributed by atoms with Gasteiger partial charge in [-0.1, -0.05) is 0 Å². The molecule has 4 nitrogen and oxygen atoms in total. The monoisotopic (exact) mass is 194 g/mol. The molecule has 1 aromatic rings. The van der Waals surface area contributed by atoms with Crippen LogP contribution in [0.2, 0.25) is 0 Å². The van der Waals surface area contributed by atoms with Crippen molar-refractivity contribution in [3.8, 4) is 5.88 Å². The van der Waals surface area contributed by atoms with Gasteiger partial charge < -0.3 is 10.5 Å². The van der Waals surface area contributed by atoms with Crippen LogP contribution in [0.4, 0.5) is 0 Å². The summed E-state index contributed by atoms with van der Waals surface area (Å²) in [5.41, 5.74) is 7.18. The lowest BCUT2D eigenvalue weighted by Gasteiger charge is -2.11. The van der Waals surface area contributed by atoms with Crippen LogP contribution in [0.25, 0.3) is 0 Å². The molecule has 0 aliphatic carbocycles. The number of ether oxygens (including phenoxy) is 1. The third kappa shape index (κ3) is 2.09. The Kier molecular flexibility index (Phi) is 3.19. The van der Waals surface area contributed by atoms with Gasteiger partial charge in [0.15, 0.2) is 5.78 Å². The first-order chi connectivity index (χ1) is 6.56. The number of Topliss-reactive ketones (excluding diaryl/α,β-unsaturated/α-hetero) is 1. The molecule has 0 fully saturated rings. The first-order valence-electron chi connectivity index (χ1n) is 4.34. The summed E-state index contributed by atoms with van der Waals surface area (Å²) in [6.07, 6.45) is 0. The number of aromatic nitrogens is 1. The number of nitrogens with zero attached hydrogens (tertiary/aromatic N) is 1. The number of aryl methyl sites for hydroxylation is 1. The Balaban J connectivity index is 3.05. The third-order valence-electron chi connectivity index (χ3n) is 2.08. The standard InChI is InChI=1S/C10H14N2O2/c1-6-8(10(11)7(2)13)4-5-9(12-6)14-3/h4-5,10H,11H2,1-3H3. The summed E-state index contributed by atoms with van der Waals surface area (Å²) >= 11 is 0. The minimum atomic E-state index is -0.589. The molecule has 1 atom stereocenters. The zero-order valence-electron chi connectivity index (χ0n) is 8.57. The molecule has 1 unspecified atom stereocenters. The lowest BCUT2D eigenvalue weighted by molar-refractivity contribution is -0.118. The van der Waals surface area contributed by atoms with Gasteiger partial charge >= 0.3 is 0 Å². The number of carbonyl (C=O) groups excluding carboxylic acids is 1. The van der Waals surface area contributed by atoms with Crippen molar-refractivity contribution in [2.45, 2.75) is 19.9 Å². The maximum absolute atomic E-state index is 11.1. The van der Waals surface area contributed by atoms with Crippen LogP contribution in [0.1, 0.15) is 24.2 Å². The SMILES string of the molecule is COc1ccc(C(N)C(C)=O)c(C)n1. The van der Waals surface area contributed by atoms with Crippen molar-refractivity contribution < 1.29 is 9.53 Å². The average Bonchev–Trinajstić information content (AvgIpc) is 2.16. The molecule has 0 spiro atoms. The number of hydrogen-bond acceptors (Lipinski definition) is 4. The summed E-state index contributed by atoms with van der Waals surface area (Å²) in [5.74, 6) is 0.460. The van der Waals surface area contributed by atoms with E-state index >= 15 is 0 Å². The molecule has 1 heterocycles. The van der Waals surface area contributed by atoms with Gasteiger partial charge in [-0.15, -0.1) is 0 Å². The smallest absolute Gasteiger partial charge is 0.213 e. The van der Waals surface area contributed by atoms with E-state index in [1.165, 1.54) is 6.92 Å². The second-order valence-corrected chi connectivity index (χ2v) is 3.12. The van der Waals surface area contributed by atoms with Crippen molar-refractivity contribution >= 4 is 5.78 Å². The van der Waals surface area contributed by atoms with Gasteiger partial charge in [0.05, 0.1) is 13.2 Å². The van der Waals surface area contributed by atoms with E-state index in [9.17, 15) is 4.79 Å². The van der Waals surface area contributed by atoms with Gasteiger partial charge in [-0.2, -0.15) is 0 Å². The van der Waals surface area contributed by atoms with Gasteiger partial charge in [-0.05, 0) is 25.5 Å². The Bertz CT molecular complexity index is 350. The molecule has 0 aliphatic rings. The Morgan fingerprint density at radius 1 is 1.57 bits per heavy atom. The Morgan fingerprint density at radius 3 is 2.64 bits per heavy atom. The molecule has 0 saturated heterocycles.